The standard InChI is InChI=1S/C21H32FN3O2/c1-17(21(26)25-9-5-3-4-6-10-25)24-13-11-23(12-14-24)16-18-7-8-20(27-2)19(22)15-18/h7-8,15,17H,3-6,9-14,16H2,1-2H3. The van der Waals surface area contributed by atoms with Gasteiger partial charge in [-0.25, -0.2) is 4.39 Å². The molecule has 2 aliphatic heterocycles. The molecule has 0 aliphatic carbocycles. The average Bonchev–Trinajstić information content (AvgIpc) is 2.97. The number of nitrogens with zero attached hydrogens (tertiary/aromatic N) is 3. The van der Waals surface area contributed by atoms with Crippen molar-refractivity contribution in [3.63, 3.8) is 0 Å². The molecule has 6 heteroatoms. The fraction of sp³-hybridized carbons (Fsp3) is 0.667. The summed E-state index contributed by atoms with van der Waals surface area (Å²) in [5.74, 6) is 0.247. The van der Waals surface area contributed by atoms with Gasteiger partial charge in [-0.2, -0.15) is 0 Å². The van der Waals surface area contributed by atoms with Gasteiger partial charge in [0.25, 0.3) is 0 Å². The number of carbonyl (C=O) groups is 1. The van der Waals surface area contributed by atoms with Gasteiger partial charge in [0, 0.05) is 45.8 Å². The molecular formula is C21H32FN3O2. The number of hydrogen-bond acceptors (Lipinski definition) is 4. The van der Waals surface area contributed by atoms with Gasteiger partial charge in [0.1, 0.15) is 0 Å². The molecule has 2 aliphatic rings. The lowest BCUT2D eigenvalue weighted by Crippen LogP contribution is -2.54. The highest BCUT2D eigenvalue weighted by Crippen LogP contribution is 2.20. The van der Waals surface area contributed by atoms with E-state index in [0.717, 1.165) is 64.2 Å². The molecule has 0 aromatic heterocycles. The molecule has 150 valence electrons. The minimum atomic E-state index is -0.315. The van der Waals surface area contributed by atoms with Crippen LogP contribution in [0.2, 0.25) is 0 Å². The summed E-state index contributed by atoms with van der Waals surface area (Å²) in [6.07, 6.45) is 4.74. The Morgan fingerprint density at radius 3 is 2.33 bits per heavy atom. The highest BCUT2D eigenvalue weighted by Gasteiger charge is 2.29. The Kier molecular flexibility index (Phi) is 7.07. The van der Waals surface area contributed by atoms with Crippen molar-refractivity contribution in [3.8, 4) is 5.75 Å². The smallest absolute Gasteiger partial charge is 0.239 e. The second kappa shape index (κ2) is 9.51. The van der Waals surface area contributed by atoms with Crippen LogP contribution in [0.3, 0.4) is 0 Å². The lowest BCUT2D eigenvalue weighted by molar-refractivity contribution is -0.137. The Hall–Kier alpha value is -1.66. The van der Waals surface area contributed by atoms with E-state index >= 15 is 0 Å². The van der Waals surface area contributed by atoms with Gasteiger partial charge in [0.05, 0.1) is 13.2 Å². The van der Waals surface area contributed by atoms with Crippen molar-refractivity contribution < 1.29 is 13.9 Å². The second-order valence-electron chi connectivity index (χ2n) is 7.70. The number of rotatable bonds is 5. The van der Waals surface area contributed by atoms with E-state index in [1.54, 1.807) is 12.1 Å². The molecular weight excluding hydrogens is 345 g/mol. The van der Waals surface area contributed by atoms with Crippen LogP contribution in [0, 0.1) is 5.82 Å². The van der Waals surface area contributed by atoms with E-state index in [4.69, 9.17) is 4.74 Å². The Morgan fingerprint density at radius 2 is 1.74 bits per heavy atom. The van der Waals surface area contributed by atoms with Crippen LogP contribution in [0.15, 0.2) is 18.2 Å². The fourth-order valence-corrected chi connectivity index (χ4v) is 4.09. The largest absolute Gasteiger partial charge is 0.494 e. The van der Waals surface area contributed by atoms with Gasteiger partial charge >= 0.3 is 0 Å². The summed E-state index contributed by atoms with van der Waals surface area (Å²) in [5.41, 5.74) is 0.954. The lowest BCUT2D eigenvalue weighted by atomic mass is 10.1. The van der Waals surface area contributed by atoms with Gasteiger partial charge in [0.2, 0.25) is 5.91 Å². The Labute approximate surface area is 162 Å². The monoisotopic (exact) mass is 377 g/mol. The first kappa shape index (κ1) is 20.1. The number of carbonyl (C=O) groups excluding carboxylic acids is 1. The maximum atomic E-state index is 13.9. The summed E-state index contributed by atoms with van der Waals surface area (Å²) in [7, 11) is 1.48. The summed E-state index contributed by atoms with van der Waals surface area (Å²) in [4.78, 5) is 19.5. The molecule has 0 spiro atoms. The summed E-state index contributed by atoms with van der Waals surface area (Å²) < 4.78 is 18.9. The maximum absolute atomic E-state index is 13.9. The van der Waals surface area contributed by atoms with Crippen LogP contribution in [0.1, 0.15) is 38.2 Å². The third-order valence-corrected chi connectivity index (χ3v) is 5.85. The Balaban J connectivity index is 1.49. The van der Waals surface area contributed by atoms with Gasteiger partial charge in [-0.1, -0.05) is 18.9 Å². The van der Waals surface area contributed by atoms with Crippen molar-refractivity contribution >= 4 is 5.91 Å². The number of piperazine rings is 1. The van der Waals surface area contributed by atoms with Crippen LogP contribution >= 0.6 is 0 Å². The molecule has 1 aromatic carbocycles. The quantitative estimate of drug-likeness (QED) is 0.791. The van der Waals surface area contributed by atoms with Crippen molar-refractivity contribution in [3.05, 3.63) is 29.6 Å². The fourth-order valence-electron chi connectivity index (χ4n) is 4.09. The SMILES string of the molecule is COc1ccc(CN2CCN(C(C)C(=O)N3CCCCCC3)CC2)cc1F. The van der Waals surface area contributed by atoms with Crippen molar-refractivity contribution in [1.29, 1.82) is 0 Å². The Bertz CT molecular complexity index is 624. The highest BCUT2D eigenvalue weighted by molar-refractivity contribution is 5.81. The summed E-state index contributed by atoms with van der Waals surface area (Å²) in [6, 6.07) is 5.10. The van der Waals surface area contributed by atoms with Gasteiger partial charge < -0.3 is 9.64 Å². The first-order valence-corrected chi connectivity index (χ1v) is 10.2. The summed E-state index contributed by atoms with van der Waals surface area (Å²) in [5, 5.41) is 0. The average molecular weight is 378 g/mol. The van der Waals surface area contributed by atoms with Crippen LogP contribution in [0.4, 0.5) is 4.39 Å². The van der Waals surface area contributed by atoms with E-state index in [2.05, 4.69) is 14.7 Å². The molecule has 27 heavy (non-hydrogen) atoms. The number of ether oxygens (including phenoxy) is 1. The zero-order valence-corrected chi connectivity index (χ0v) is 16.6. The zero-order valence-electron chi connectivity index (χ0n) is 16.6. The van der Waals surface area contributed by atoms with Gasteiger partial charge in [-0.15, -0.1) is 0 Å². The first-order chi connectivity index (χ1) is 13.1. The molecule has 3 rings (SSSR count). The van der Waals surface area contributed by atoms with Crippen molar-refractivity contribution in [2.45, 2.75) is 45.2 Å². The van der Waals surface area contributed by atoms with E-state index in [9.17, 15) is 9.18 Å². The molecule has 0 N–H and O–H groups in total. The molecule has 0 bridgehead atoms. The van der Waals surface area contributed by atoms with Crippen LogP contribution in [0.5, 0.6) is 5.75 Å². The van der Waals surface area contributed by atoms with Gasteiger partial charge in [-0.05, 0) is 37.5 Å². The van der Waals surface area contributed by atoms with Crippen LogP contribution < -0.4 is 4.74 Å². The molecule has 0 radical (unpaired) electrons. The molecule has 2 fully saturated rings. The third kappa shape index (κ3) is 5.20. The minimum absolute atomic E-state index is 0.0521. The minimum Gasteiger partial charge on any atom is -0.494 e. The molecule has 1 unspecified atom stereocenters. The third-order valence-electron chi connectivity index (χ3n) is 5.85. The molecule has 2 saturated heterocycles. The maximum Gasteiger partial charge on any atom is 0.239 e. The molecule has 0 saturated carbocycles. The normalized spacial score (nSPS) is 20.9. The summed E-state index contributed by atoms with van der Waals surface area (Å²) >= 11 is 0. The predicted molar refractivity (Wildman–Crippen MR) is 104 cm³/mol. The first-order valence-electron chi connectivity index (χ1n) is 10.2. The number of benzene rings is 1. The number of likely N-dealkylation sites (tertiary alicyclic amines) is 1. The van der Waals surface area contributed by atoms with E-state index in [0.29, 0.717) is 0 Å². The van der Waals surface area contributed by atoms with Crippen LogP contribution in [-0.2, 0) is 11.3 Å². The van der Waals surface area contributed by atoms with Crippen molar-refractivity contribution in [1.82, 2.24) is 14.7 Å². The van der Waals surface area contributed by atoms with Crippen molar-refractivity contribution in [2.75, 3.05) is 46.4 Å². The highest BCUT2D eigenvalue weighted by atomic mass is 19.1. The van der Waals surface area contributed by atoms with Crippen LogP contribution in [-0.4, -0.2) is 73.0 Å². The molecule has 5 nitrogen and oxygen atoms in total. The zero-order chi connectivity index (χ0) is 19.2. The van der Waals surface area contributed by atoms with Gasteiger partial charge in [-0.3, -0.25) is 14.6 Å². The predicted octanol–water partition coefficient (Wildman–Crippen LogP) is 2.74. The lowest BCUT2D eigenvalue weighted by Gasteiger charge is -2.39. The summed E-state index contributed by atoms with van der Waals surface area (Å²) in [6.45, 7) is 8.12. The van der Waals surface area contributed by atoms with Crippen molar-refractivity contribution in [2.24, 2.45) is 0 Å². The molecule has 1 amide bonds. The topological polar surface area (TPSA) is 36.0 Å². The van der Waals surface area contributed by atoms with E-state index in [1.165, 1.54) is 20.0 Å². The number of halogens is 1. The molecule has 2 heterocycles. The Morgan fingerprint density at radius 1 is 1.07 bits per heavy atom. The van der Waals surface area contributed by atoms with E-state index in [-0.39, 0.29) is 23.5 Å². The number of amides is 1. The van der Waals surface area contributed by atoms with E-state index < -0.39 is 0 Å². The number of methoxy groups -OCH3 is 1. The second-order valence-corrected chi connectivity index (χ2v) is 7.70. The van der Waals surface area contributed by atoms with Gasteiger partial charge in [0.15, 0.2) is 11.6 Å². The van der Waals surface area contributed by atoms with Crippen LogP contribution in [0.25, 0.3) is 0 Å². The number of hydrogen-bond donors (Lipinski definition) is 0. The van der Waals surface area contributed by atoms with E-state index in [1.807, 2.05) is 13.0 Å². The molecule has 1 atom stereocenters. The molecule has 1 aromatic rings.